The van der Waals surface area contributed by atoms with Crippen molar-refractivity contribution in [2.45, 2.75) is 37.0 Å². The number of ether oxygens (including phenoxy) is 3. The van der Waals surface area contributed by atoms with Gasteiger partial charge in [0.2, 0.25) is 12.2 Å². The molecule has 6 rings (SSSR count). The van der Waals surface area contributed by atoms with E-state index in [2.05, 4.69) is 10.2 Å². The highest BCUT2D eigenvalue weighted by molar-refractivity contribution is 5.95. The van der Waals surface area contributed by atoms with Gasteiger partial charge < -0.3 is 38.9 Å². The third-order valence-corrected chi connectivity index (χ3v) is 8.42. The summed E-state index contributed by atoms with van der Waals surface area (Å²) in [5.74, 6) is -0.741. The van der Waals surface area contributed by atoms with Crippen molar-refractivity contribution in [3.63, 3.8) is 0 Å². The van der Waals surface area contributed by atoms with E-state index in [4.69, 9.17) is 23.7 Å². The zero-order valence-electron chi connectivity index (χ0n) is 23.8. The largest absolute Gasteiger partial charge is 0.464 e. The van der Waals surface area contributed by atoms with Crippen LogP contribution in [0.1, 0.15) is 30.7 Å². The molecule has 0 bridgehead atoms. The Hall–Kier alpha value is -4.19. The summed E-state index contributed by atoms with van der Waals surface area (Å²) in [5, 5.41) is 12.4. The summed E-state index contributed by atoms with van der Waals surface area (Å²) in [7, 11) is 0. The van der Waals surface area contributed by atoms with Crippen LogP contribution in [0.5, 0.6) is 0 Å². The Morgan fingerprint density at radius 3 is 2.58 bits per heavy atom. The molecule has 0 unspecified atom stereocenters. The van der Waals surface area contributed by atoms with Crippen LogP contribution in [0.15, 0.2) is 81.9 Å². The van der Waals surface area contributed by atoms with Crippen LogP contribution >= 0.6 is 0 Å². The zero-order valence-corrected chi connectivity index (χ0v) is 23.8. The number of fused-ring (bicyclic) bond motifs is 1. The molecule has 11 heteroatoms. The van der Waals surface area contributed by atoms with Gasteiger partial charge in [-0.1, -0.05) is 30.3 Å². The van der Waals surface area contributed by atoms with Gasteiger partial charge in [-0.3, -0.25) is 14.4 Å². The molecule has 2 N–H and O–H groups in total. The standard InChI is InChI=1S/C32H35N3O8/c36-14-15-40-16-17-41-28-19-22(25-20-42-26-9-5-4-8-24(26)29(25)37)18-27(43-28)30(38)34-12-10-32(11-13-34)31(39)33-21-35(32)23-6-2-1-3-7-23/h1-9,18,20,22,28,36H,10-17,19,21H2,(H,33,39)/t22-,28+/m0/s1. The monoisotopic (exact) mass is 589 g/mol. The van der Waals surface area contributed by atoms with Gasteiger partial charge in [0.1, 0.15) is 11.1 Å². The van der Waals surface area contributed by atoms with Crippen molar-refractivity contribution < 1.29 is 33.3 Å². The molecule has 0 aliphatic carbocycles. The summed E-state index contributed by atoms with van der Waals surface area (Å²) in [6, 6.07) is 16.8. The first-order valence-corrected chi connectivity index (χ1v) is 14.6. The molecular weight excluding hydrogens is 554 g/mol. The Labute approximate surface area is 248 Å². The van der Waals surface area contributed by atoms with Gasteiger partial charge >= 0.3 is 0 Å². The second-order valence-electron chi connectivity index (χ2n) is 10.9. The first-order valence-electron chi connectivity index (χ1n) is 14.6. The number of hydrogen-bond donors (Lipinski definition) is 2. The molecule has 3 aliphatic rings. The van der Waals surface area contributed by atoms with Crippen LogP contribution in [-0.2, 0) is 23.8 Å². The number of aliphatic hydroxyl groups excluding tert-OH is 1. The van der Waals surface area contributed by atoms with E-state index in [0.717, 1.165) is 5.69 Å². The number of rotatable bonds is 9. The number of nitrogens with one attached hydrogen (secondary N) is 1. The Balaban J connectivity index is 1.22. The molecule has 43 heavy (non-hydrogen) atoms. The molecular formula is C32H35N3O8. The highest BCUT2D eigenvalue weighted by Crippen LogP contribution is 2.37. The Morgan fingerprint density at radius 1 is 1.02 bits per heavy atom. The van der Waals surface area contributed by atoms with Crippen molar-refractivity contribution in [2.24, 2.45) is 0 Å². The molecule has 1 aromatic heterocycles. The van der Waals surface area contributed by atoms with E-state index >= 15 is 0 Å². The minimum atomic E-state index is -0.803. The van der Waals surface area contributed by atoms with Crippen LogP contribution in [0.2, 0.25) is 0 Å². The number of nitrogens with zero attached hydrogens (tertiary/aromatic N) is 2. The average Bonchev–Trinajstić information content (AvgIpc) is 3.36. The fraction of sp³-hybridized carbons (Fsp3) is 0.406. The van der Waals surface area contributed by atoms with E-state index < -0.39 is 17.7 Å². The summed E-state index contributed by atoms with van der Waals surface area (Å²) in [6.07, 6.45) is 3.55. The molecule has 2 fully saturated rings. The van der Waals surface area contributed by atoms with Gasteiger partial charge in [0, 0.05) is 36.7 Å². The number of piperidine rings is 1. The highest BCUT2D eigenvalue weighted by atomic mass is 16.7. The maximum absolute atomic E-state index is 13.8. The molecule has 11 nitrogen and oxygen atoms in total. The number of carbonyl (C=O) groups excluding carboxylic acids is 2. The lowest BCUT2D eigenvalue weighted by Gasteiger charge is -2.43. The maximum Gasteiger partial charge on any atom is 0.288 e. The van der Waals surface area contributed by atoms with E-state index in [1.54, 1.807) is 35.2 Å². The topological polar surface area (TPSA) is 131 Å². The quantitative estimate of drug-likeness (QED) is 0.362. The fourth-order valence-electron chi connectivity index (χ4n) is 6.15. The minimum Gasteiger partial charge on any atom is -0.464 e. The highest BCUT2D eigenvalue weighted by Gasteiger charge is 2.51. The predicted molar refractivity (Wildman–Crippen MR) is 157 cm³/mol. The fourth-order valence-corrected chi connectivity index (χ4v) is 6.15. The first-order chi connectivity index (χ1) is 21.0. The van der Waals surface area contributed by atoms with E-state index in [9.17, 15) is 14.4 Å². The first kappa shape index (κ1) is 28.9. The number of carbonyl (C=O) groups is 2. The summed E-state index contributed by atoms with van der Waals surface area (Å²) in [4.78, 5) is 44.1. The number of aliphatic hydroxyl groups is 1. The van der Waals surface area contributed by atoms with Gasteiger partial charge in [-0.2, -0.15) is 0 Å². The summed E-state index contributed by atoms with van der Waals surface area (Å²) in [5.41, 5.74) is 0.956. The van der Waals surface area contributed by atoms with Crippen LogP contribution in [0.3, 0.4) is 0 Å². The number of amides is 2. The lowest BCUT2D eigenvalue weighted by molar-refractivity contribution is -0.157. The molecule has 0 radical (unpaired) electrons. The summed E-state index contributed by atoms with van der Waals surface area (Å²) < 4.78 is 23.0. The van der Waals surface area contributed by atoms with Crippen LogP contribution in [0, 0.1) is 0 Å². The third kappa shape index (κ3) is 5.75. The van der Waals surface area contributed by atoms with Crippen molar-refractivity contribution in [1.29, 1.82) is 0 Å². The van der Waals surface area contributed by atoms with Crippen LogP contribution in [0.4, 0.5) is 5.69 Å². The van der Waals surface area contributed by atoms with Crippen molar-refractivity contribution in [3.8, 4) is 0 Å². The smallest absolute Gasteiger partial charge is 0.288 e. The van der Waals surface area contributed by atoms with Gasteiger partial charge in [-0.25, -0.2) is 0 Å². The second kappa shape index (κ2) is 12.6. The normalized spacial score (nSPS) is 21.5. The lowest BCUT2D eigenvalue weighted by atomic mass is 9.85. The van der Waals surface area contributed by atoms with E-state index in [1.165, 1.54) is 6.26 Å². The number of para-hydroxylation sites is 2. The Kier molecular flexibility index (Phi) is 8.46. The number of benzene rings is 2. The molecule has 2 atom stereocenters. The zero-order chi connectivity index (χ0) is 29.8. The van der Waals surface area contributed by atoms with Crippen LogP contribution < -0.4 is 15.6 Å². The summed E-state index contributed by atoms with van der Waals surface area (Å²) >= 11 is 0. The second-order valence-corrected chi connectivity index (χ2v) is 10.9. The van der Waals surface area contributed by atoms with Gasteiger partial charge in [-0.05, 0) is 43.2 Å². The van der Waals surface area contributed by atoms with E-state index in [0.29, 0.717) is 55.6 Å². The number of hydrogen-bond acceptors (Lipinski definition) is 9. The summed E-state index contributed by atoms with van der Waals surface area (Å²) in [6.45, 7) is 1.66. The molecule has 2 aromatic carbocycles. The minimum absolute atomic E-state index is 0.0310. The average molecular weight is 590 g/mol. The van der Waals surface area contributed by atoms with Crippen molar-refractivity contribution in [3.05, 3.63) is 88.5 Å². The van der Waals surface area contributed by atoms with Gasteiger partial charge in [0.25, 0.3) is 5.91 Å². The SMILES string of the molecule is O=C(C1=C[C@H](c2coc3ccccc3c2=O)C[C@H](OCCOCCO)O1)N1CCC2(CC1)C(=O)NCN2c1ccccc1. The molecule has 2 amide bonds. The maximum atomic E-state index is 13.8. The van der Waals surface area contributed by atoms with Crippen molar-refractivity contribution >= 4 is 28.5 Å². The molecule has 226 valence electrons. The number of allylic oxidation sites excluding steroid dienone is 1. The van der Waals surface area contributed by atoms with Gasteiger partial charge in [0.05, 0.1) is 44.7 Å². The molecule has 3 aromatic rings. The Morgan fingerprint density at radius 2 is 1.79 bits per heavy atom. The third-order valence-electron chi connectivity index (χ3n) is 8.42. The Bertz CT molecular complexity index is 1550. The molecule has 0 saturated carbocycles. The molecule has 1 spiro atoms. The van der Waals surface area contributed by atoms with Gasteiger partial charge in [-0.15, -0.1) is 0 Å². The lowest BCUT2D eigenvalue weighted by Crippen LogP contribution is -2.57. The predicted octanol–water partition coefficient (Wildman–Crippen LogP) is 2.49. The van der Waals surface area contributed by atoms with Crippen LogP contribution in [0.25, 0.3) is 11.0 Å². The molecule has 4 heterocycles. The molecule has 3 aliphatic heterocycles. The van der Waals surface area contributed by atoms with Crippen molar-refractivity contribution in [1.82, 2.24) is 10.2 Å². The number of anilines is 1. The van der Waals surface area contributed by atoms with Crippen molar-refractivity contribution in [2.75, 3.05) is 51.1 Å². The van der Waals surface area contributed by atoms with E-state index in [1.807, 2.05) is 30.3 Å². The van der Waals surface area contributed by atoms with Crippen LogP contribution in [-0.4, -0.2) is 79.8 Å². The van der Waals surface area contributed by atoms with E-state index in [-0.39, 0.29) is 49.4 Å². The molecule has 2 saturated heterocycles. The number of likely N-dealkylation sites (tertiary alicyclic amines) is 1. The van der Waals surface area contributed by atoms with Gasteiger partial charge in [0.15, 0.2) is 11.2 Å².